The summed E-state index contributed by atoms with van der Waals surface area (Å²) in [7, 11) is -3.57. The molecule has 1 N–H and O–H groups in total. The highest BCUT2D eigenvalue weighted by atomic mass is 35.5. The van der Waals surface area contributed by atoms with Crippen LogP contribution < -0.4 is 9.46 Å². The van der Waals surface area contributed by atoms with Gasteiger partial charge < -0.3 is 4.74 Å². The summed E-state index contributed by atoms with van der Waals surface area (Å²) >= 11 is 5.87. The average Bonchev–Trinajstić information content (AvgIpc) is 2.70. The third-order valence-electron chi connectivity index (χ3n) is 2.80. The number of fused-ring (bicyclic) bond motifs is 1. The molecule has 0 radical (unpaired) electrons. The topological polar surface area (TPSA) is 72.5 Å². The van der Waals surface area contributed by atoms with E-state index in [1.807, 2.05) is 0 Å². The minimum absolute atomic E-state index is 0.0747. The van der Waals surface area contributed by atoms with Gasteiger partial charge in [-0.2, -0.15) is 0 Å². The van der Waals surface area contributed by atoms with Crippen LogP contribution >= 0.6 is 11.6 Å². The van der Waals surface area contributed by atoms with Crippen LogP contribution in [-0.4, -0.2) is 26.7 Å². The summed E-state index contributed by atoms with van der Waals surface area (Å²) in [6.45, 7) is 1.86. The van der Waals surface area contributed by atoms with Crippen LogP contribution in [0.15, 0.2) is 18.2 Å². The van der Waals surface area contributed by atoms with Crippen molar-refractivity contribution in [1.29, 1.82) is 0 Å². The van der Waals surface area contributed by atoms with Gasteiger partial charge in [0.2, 0.25) is 15.9 Å². The Balaban J connectivity index is 2.18. The highest BCUT2D eigenvalue weighted by Crippen LogP contribution is 2.35. The number of carbonyl (C=O) groups is 1. The Kier molecular flexibility index (Phi) is 4.01. The Hall–Kier alpha value is -1.27. The standard InChI is InChI=1S/C12H14ClNO4S/c1-2-5-19(16,17)14-12(15)10-7-18-11-4-3-8(13)6-9(10)11/h3-4,6,10H,2,5,7H2,1H3,(H,14,15). The van der Waals surface area contributed by atoms with Crippen LogP contribution in [0.5, 0.6) is 5.75 Å². The number of amides is 1. The van der Waals surface area contributed by atoms with Gasteiger partial charge in [0, 0.05) is 10.6 Å². The fraction of sp³-hybridized carbons (Fsp3) is 0.417. The zero-order valence-electron chi connectivity index (χ0n) is 10.3. The lowest BCUT2D eigenvalue weighted by Crippen LogP contribution is -2.36. The lowest BCUT2D eigenvalue weighted by Gasteiger charge is -2.10. The fourth-order valence-electron chi connectivity index (χ4n) is 1.95. The van der Waals surface area contributed by atoms with Gasteiger partial charge in [-0.25, -0.2) is 8.42 Å². The van der Waals surface area contributed by atoms with E-state index in [9.17, 15) is 13.2 Å². The number of sulfonamides is 1. The third kappa shape index (κ3) is 3.19. The Morgan fingerprint density at radius 1 is 1.53 bits per heavy atom. The van der Waals surface area contributed by atoms with Crippen molar-refractivity contribution >= 4 is 27.5 Å². The molecule has 1 amide bonds. The van der Waals surface area contributed by atoms with Crippen LogP contribution in [-0.2, 0) is 14.8 Å². The van der Waals surface area contributed by atoms with Gasteiger partial charge >= 0.3 is 0 Å². The Bertz CT molecular complexity index is 600. The highest BCUT2D eigenvalue weighted by molar-refractivity contribution is 7.90. The van der Waals surface area contributed by atoms with Crippen molar-refractivity contribution in [3.63, 3.8) is 0 Å². The number of carbonyl (C=O) groups excluding carboxylic acids is 1. The predicted molar refractivity (Wildman–Crippen MR) is 71.9 cm³/mol. The fourth-order valence-corrected chi connectivity index (χ4v) is 3.22. The van der Waals surface area contributed by atoms with Crippen LogP contribution in [0.2, 0.25) is 5.02 Å². The van der Waals surface area contributed by atoms with Crippen LogP contribution in [0, 0.1) is 0 Å². The van der Waals surface area contributed by atoms with Gasteiger partial charge in [0.25, 0.3) is 0 Å². The molecular weight excluding hydrogens is 290 g/mol. The molecule has 0 saturated carbocycles. The molecular formula is C12H14ClNO4S. The molecule has 1 aliphatic heterocycles. The quantitative estimate of drug-likeness (QED) is 0.918. The molecule has 0 saturated heterocycles. The van der Waals surface area contributed by atoms with Crippen LogP contribution in [0.4, 0.5) is 0 Å². The third-order valence-corrected chi connectivity index (χ3v) is 4.49. The molecule has 1 unspecified atom stereocenters. The first-order chi connectivity index (χ1) is 8.93. The van der Waals surface area contributed by atoms with Crippen molar-refractivity contribution in [2.75, 3.05) is 12.4 Å². The number of hydrogen-bond donors (Lipinski definition) is 1. The molecule has 2 rings (SSSR count). The molecule has 0 aliphatic carbocycles. The van der Waals surface area contributed by atoms with Gasteiger partial charge in [-0.05, 0) is 24.6 Å². The van der Waals surface area contributed by atoms with E-state index >= 15 is 0 Å². The summed E-state index contributed by atoms with van der Waals surface area (Å²) in [5, 5.41) is 0.485. The Morgan fingerprint density at radius 3 is 2.95 bits per heavy atom. The van der Waals surface area contributed by atoms with Crippen molar-refractivity contribution in [3.05, 3.63) is 28.8 Å². The first-order valence-electron chi connectivity index (χ1n) is 5.89. The maximum atomic E-state index is 12.0. The smallest absolute Gasteiger partial charge is 0.244 e. The van der Waals surface area contributed by atoms with Crippen molar-refractivity contribution < 1.29 is 17.9 Å². The first-order valence-corrected chi connectivity index (χ1v) is 7.92. The predicted octanol–water partition coefficient (Wildman–Crippen LogP) is 1.67. The monoisotopic (exact) mass is 303 g/mol. The second-order valence-corrected chi connectivity index (χ2v) is 6.61. The number of ether oxygens (including phenoxy) is 1. The maximum Gasteiger partial charge on any atom is 0.244 e. The van der Waals surface area contributed by atoms with Crippen LogP contribution in [0.25, 0.3) is 0 Å². The van der Waals surface area contributed by atoms with E-state index in [-0.39, 0.29) is 12.4 Å². The lowest BCUT2D eigenvalue weighted by atomic mass is 10.0. The van der Waals surface area contributed by atoms with Gasteiger partial charge in [0.15, 0.2) is 0 Å². The van der Waals surface area contributed by atoms with E-state index in [2.05, 4.69) is 4.72 Å². The molecule has 1 aromatic carbocycles. The molecule has 104 valence electrons. The van der Waals surface area contributed by atoms with E-state index in [4.69, 9.17) is 16.3 Å². The zero-order valence-corrected chi connectivity index (χ0v) is 11.9. The summed E-state index contributed by atoms with van der Waals surface area (Å²) in [5.41, 5.74) is 0.622. The van der Waals surface area contributed by atoms with Gasteiger partial charge in [0.1, 0.15) is 18.3 Å². The molecule has 0 bridgehead atoms. The Labute approximate surface area is 117 Å². The van der Waals surface area contributed by atoms with Gasteiger partial charge in [0.05, 0.1) is 5.75 Å². The van der Waals surface area contributed by atoms with Crippen LogP contribution in [0.3, 0.4) is 0 Å². The number of benzene rings is 1. The minimum Gasteiger partial charge on any atom is -0.492 e. The molecule has 5 nitrogen and oxygen atoms in total. The first kappa shape index (κ1) is 14.1. The number of halogens is 1. The van der Waals surface area contributed by atoms with Crippen molar-refractivity contribution in [2.45, 2.75) is 19.3 Å². The molecule has 7 heteroatoms. The van der Waals surface area contributed by atoms with Gasteiger partial charge in [-0.15, -0.1) is 0 Å². The summed E-state index contributed by atoms with van der Waals surface area (Å²) in [5.74, 6) is -0.721. The lowest BCUT2D eigenvalue weighted by molar-refractivity contribution is -0.120. The molecule has 1 atom stereocenters. The summed E-state index contributed by atoms with van der Waals surface area (Å²) in [4.78, 5) is 12.0. The summed E-state index contributed by atoms with van der Waals surface area (Å²) < 4.78 is 30.6. The van der Waals surface area contributed by atoms with Crippen LogP contribution in [0.1, 0.15) is 24.8 Å². The number of rotatable bonds is 4. The van der Waals surface area contributed by atoms with Crippen molar-refractivity contribution in [3.8, 4) is 5.75 Å². The minimum atomic E-state index is -3.57. The largest absolute Gasteiger partial charge is 0.492 e. The summed E-state index contributed by atoms with van der Waals surface area (Å²) in [6.07, 6.45) is 0.451. The molecule has 1 aromatic rings. The molecule has 0 aromatic heterocycles. The molecule has 1 aliphatic rings. The molecule has 0 spiro atoms. The average molecular weight is 304 g/mol. The second kappa shape index (κ2) is 5.38. The van der Waals surface area contributed by atoms with Crippen molar-refractivity contribution in [1.82, 2.24) is 4.72 Å². The summed E-state index contributed by atoms with van der Waals surface area (Å²) in [6, 6.07) is 4.96. The van der Waals surface area contributed by atoms with E-state index in [1.165, 1.54) is 0 Å². The molecule has 0 fully saturated rings. The van der Waals surface area contributed by atoms with Gasteiger partial charge in [-0.1, -0.05) is 18.5 Å². The SMILES string of the molecule is CCCS(=O)(=O)NC(=O)C1COc2ccc(Cl)cc21. The molecule has 19 heavy (non-hydrogen) atoms. The van der Waals surface area contributed by atoms with E-state index < -0.39 is 21.8 Å². The normalized spacial score (nSPS) is 17.7. The van der Waals surface area contributed by atoms with E-state index in [0.717, 1.165) is 0 Å². The van der Waals surface area contributed by atoms with Crippen molar-refractivity contribution in [2.24, 2.45) is 0 Å². The highest BCUT2D eigenvalue weighted by Gasteiger charge is 2.32. The van der Waals surface area contributed by atoms with Gasteiger partial charge in [-0.3, -0.25) is 9.52 Å². The van der Waals surface area contributed by atoms with E-state index in [1.54, 1.807) is 25.1 Å². The maximum absolute atomic E-state index is 12.0. The Morgan fingerprint density at radius 2 is 2.26 bits per heavy atom. The molecule has 1 heterocycles. The second-order valence-electron chi connectivity index (χ2n) is 4.33. The zero-order chi connectivity index (χ0) is 14.0. The van der Waals surface area contributed by atoms with E-state index in [0.29, 0.717) is 22.8 Å². The number of nitrogens with one attached hydrogen (secondary N) is 1. The number of hydrogen-bond acceptors (Lipinski definition) is 4.